The number of rotatable bonds is 6. The SMILES string of the molecule is CC(=O)COC(=O)[C@H]1C(c2ccccc2)[C@@H](C(=O)O)[C@H]1c1ccccc1. The van der Waals surface area contributed by atoms with Gasteiger partial charge in [-0.3, -0.25) is 14.4 Å². The zero-order chi connectivity index (χ0) is 18.7. The molecule has 0 amide bonds. The van der Waals surface area contributed by atoms with Gasteiger partial charge in [-0.1, -0.05) is 60.7 Å². The monoisotopic (exact) mass is 352 g/mol. The Balaban J connectivity index is 1.99. The normalized spacial score (nSPS) is 24.3. The Morgan fingerprint density at radius 1 is 0.846 bits per heavy atom. The summed E-state index contributed by atoms with van der Waals surface area (Å²) in [6.45, 7) is 1.05. The van der Waals surface area contributed by atoms with Gasteiger partial charge in [-0.05, 0) is 18.1 Å². The van der Waals surface area contributed by atoms with E-state index >= 15 is 0 Å². The molecule has 0 saturated heterocycles. The average molecular weight is 352 g/mol. The fourth-order valence-corrected chi connectivity index (χ4v) is 3.80. The van der Waals surface area contributed by atoms with E-state index in [0.717, 1.165) is 11.1 Å². The molecule has 1 saturated carbocycles. The molecule has 4 atom stereocenters. The number of esters is 1. The minimum absolute atomic E-state index is 0.250. The minimum Gasteiger partial charge on any atom is -0.481 e. The largest absolute Gasteiger partial charge is 0.481 e. The number of hydrogen-bond donors (Lipinski definition) is 1. The first-order chi connectivity index (χ1) is 12.5. The fourth-order valence-electron chi connectivity index (χ4n) is 3.80. The number of carbonyl (C=O) groups excluding carboxylic acids is 2. The molecule has 2 aromatic carbocycles. The van der Waals surface area contributed by atoms with E-state index in [1.165, 1.54) is 6.92 Å². The third kappa shape index (κ3) is 3.38. The lowest BCUT2D eigenvalue weighted by Gasteiger charge is -2.49. The van der Waals surface area contributed by atoms with Crippen molar-refractivity contribution in [2.75, 3.05) is 6.61 Å². The molecule has 1 aliphatic carbocycles. The van der Waals surface area contributed by atoms with Crippen LogP contribution in [0, 0.1) is 11.8 Å². The molecule has 0 spiro atoms. The number of carbonyl (C=O) groups is 3. The molecule has 3 rings (SSSR count). The Kier molecular flexibility index (Phi) is 5.16. The zero-order valence-corrected chi connectivity index (χ0v) is 14.4. The summed E-state index contributed by atoms with van der Waals surface area (Å²) in [5.74, 6) is -4.06. The van der Waals surface area contributed by atoms with Crippen molar-refractivity contribution in [3.63, 3.8) is 0 Å². The third-order valence-electron chi connectivity index (χ3n) is 4.89. The van der Waals surface area contributed by atoms with Crippen LogP contribution in [-0.4, -0.2) is 29.4 Å². The second-order valence-corrected chi connectivity index (χ2v) is 6.57. The summed E-state index contributed by atoms with van der Waals surface area (Å²) in [6, 6.07) is 18.3. The van der Waals surface area contributed by atoms with Gasteiger partial charge in [0.25, 0.3) is 0 Å². The highest BCUT2D eigenvalue weighted by Gasteiger charge is 2.59. The lowest BCUT2D eigenvalue weighted by atomic mass is 9.52. The number of aliphatic carboxylic acids is 1. The summed E-state index contributed by atoms with van der Waals surface area (Å²) in [7, 11) is 0. The number of benzene rings is 2. The molecule has 0 bridgehead atoms. The zero-order valence-electron chi connectivity index (χ0n) is 14.4. The fraction of sp³-hybridized carbons (Fsp3) is 0.286. The molecule has 1 aliphatic rings. The topological polar surface area (TPSA) is 80.7 Å². The lowest BCUT2D eigenvalue weighted by Crippen LogP contribution is -2.51. The van der Waals surface area contributed by atoms with Gasteiger partial charge in [-0.15, -0.1) is 0 Å². The van der Waals surface area contributed by atoms with Crippen LogP contribution in [0.3, 0.4) is 0 Å². The number of carboxylic acids is 1. The molecule has 1 N–H and O–H groups in total. The number of ether oxygens (including phenoxy) is 1. The van der Waals surface area contributed by atoms with Crippen LogP contribution < -0.4 is 0 Å². The molecule has 0 aliphatic heterocycles. The van der Waals surface area contributed by atoms with Gasteiger partial charge in [0.15, 0.2) is 5.78 Å². The summed E-state index contributed by atoms with van der Waals surface area (Å²) in [5.41, 5.74) is 1.58. The first-order valence-corrected chi connectivity index (χ1v) is 8.49. The summed E-state index contributed by atoms with van der Waals surface area (Å²) in [4.78, 5) is 35.9. The highest BCUT2D eigenvalue weighted by Crippen LogP contribution is 2.57. The van der Waals surface area contributed by atoms with Crippen LogP contribution in [0.4, 0.5) is 0 Å². The van der Waals surface area contributed by atoms with Gasteiger partial charge in [0.1, 0.15) is 6.61 Å². The Morgan fingerprint density at radius 2 is 1.31 bits per heavy atom. The van der Waals surface area contributed by atoms with Gasteiger partial charge in [0, 0.05) is 11.8 Å². The van der Waals surface area contributed by atoms with Crippen molar-refractivity contribution < 1.29 is 24.2 Å². The Morgan fingerprint density at radius 3 is 1.69 bits per heavy atom. The summed E-state index contributed by atoms with van der Waals surface area (Å²) in [6.07, 6.45) is 0. The van der Waals surface area contributed by atoms with Crippen LogP contribution >= 0.6 is 0 Å². The lowest BCUT2D eigenvalue weighted by molar-refractivity contribution is -0.165. The van der Waals surface area contributed by atoms with Crippen LogP contribution in [0.25, 0.3) is 0 Å². The van der Waals surface area contributed by atoms with Crippen LogP contribution in [-0.2, 0) is 19.1 Å². The Hall–Kier alpha value is -2.95. The molecule has 0 aromatic heterocycles. The van der Waals surface area contributed by atoms with Gasteiger partial charge < -0.3 is 9.84 Å². The minimum atomic E-state index is -0.941. The predicted molar refractivity (Wildman–Crippen MR) is 94.6 cm³/mol. The summed E-state index contributed by atoms with van der Waals surface area (Å²) in [5, 5.41) is 9.81. The number of ketones is 1. The third-order valence-corrected chi connectivity index (χ3v) is 4.89. The molecule has 134 valence electrons. The van der Waals surface area contributed by atoms with Crippen molar-refractivity contribution in [2.45, 2.75) is 18.8 Å². The van der Waals surface area contributed by atoms with E-state index in [-0.39, 0.29) is 12.4 Å². The van der Waals surface area contributed by atoms with E-state index in [2.05, 4.69) is 0 Å². The summed E-state index contributed by atoms with van der Waals surface area (Å²) < 4.78 is 5.16. The van der Waals surface area contributed by atoms with E-state index in [9.17, 15) is 19.5 Å². The molecule has 0 radical (unpaired) electrons. The maximum atomic E-state index is 12.7. The van der Waals surface area contributed by atoms with Gasteiger partial charge in [-0.25, -0.2) is 0 Å². The highest BCUT2D eigenvalue weighted by molar-refractivity contribution is 5.86. The Bertz CT molecular complexity index is 752. The van der Waals surface area contributed by atoms with Crippen molar-refractivity contribution in [1.82, 2.24) is 0 Å². The standard InChI is InChI=1S/C21H20O5/c1-13(22)12-26-21(25)19-16(14-8-4-2-5-9-14)18(20(23)24)17(19)15-10-6-3-7-11-15/h2-11,16-19H,12H2,1H3,(H,23,24)/t16-,17?,18+,19-/m1/s1. The number of carboxylic acid groups (broad SMARTS) is 1. The van der Waals surface area contributed by atoms with Crippen molar-refractivity contribution >= 4 is 17.7 Å². The van der Waals surface area contributed by atoms with Crippen LogP contribution in [0.1, 0.15) is 29.9 Å². The van der Waals surface area contributed by atoms with Gasteiger partial charge in [0.2, 0.25) is 0 Å². The first-order valence-electron chi connectivity index (χ1n) is 8.49. The molecule has 26 heavy (non-hydrogen) atoms. The molecule has 2 aromatic rings. The van der Waals surface area contributed by atoms with Crippen molar-refractivity contribution in [3.8, 4) is 0 Å². The van der Waals surface area contributed by atoms with Crippen LogP contribution in [0.15, 0.2) is 60.7 Å². The number of Topliss-reactive ketones (excluding diaryl/α,β-unsaturated/α-hetero) is 1. The van der Waals surface area contributed by atoms with Gasteiger partial charge in [0.05, 0.1) is 11.8 Å². The summed E-state index contributed by atoms with van der Waals surface area (Å²) >= 11 is 0. The van der Waals surface area contributed by atoms with E-state index < -0.39 is 35.6 Å². The molecule has 0 heterocycles. The maximum absolute atomic E-state index is 12.7. The second-order valence-electron chi connectivity index (χ2n) is 6.57. The Labute approximate surface area is 151 Å². The molecule has 1 fully saturated rings. The smallest absolute Gasteiger partial charge is 0.310 e. The quantitative estimate of drug-likeness (QED) is 0.808. The maximum Gasteiger partial charge on any atom is 0.310 e. The van der Waals surface area contributed by atoms with Crippen molar-refractivity contribution in [2.24, 2.45) is 11.8 Å². The molecule has 1 unspecified atom stereocenters. The van der Waals surface area contributed by atoms with E-state index in [4.69, 9.17) is 4.74 Å². The van der Waals surface area contributed by atoms with Crippen LogP contribution in [0.2, 0.25) is 0 Å². The number of hydrogen-bond acceptors (Lipinski definition) is 4. The van der Waals surface area contributed by atoms with Gasteiger partial charge >= 0.3 is 11.9 Å². The van der Waals surface area contributed by atoms with Crippen molar-refractivity contribution in [3.05, 3.63) is 71.8 Å². The molecule has 5 heteroatoms. The van der Waals surface area contributed by atoms with Crippen molar-refractivity contribution in [1.29, 1.82) is 0 Å². The first kappa shape index (κ1) is 17.9. The second kappa shape index (κ2) is 7.52. The van der Waals surface area contributed by atoms with E-state index in [1.54, 1.807) is 0 Å². The van der Waals surface area contributed by atoms with E-state index in [0.29, 0.717) is 0 Å². The van der Waals surface area contributed by atoms with E-state index in [1.807, 2.05) is 60.7 Å². The highest BCUT2D eigenvalue weighted by atomic mass is 16.5. The average Bonchev–Trinajstić information content (AvgIpc) is 2.60. The molecular formula is C21H20O5. The molecule has 5 nitrogen and oxygen atoms in total. The van der Waals surface area contributed by atoms with Gasteiger partial charge in [-0.2, -0.15) is 0 Å². The van der Waals surface area contributed by atoms with Crippen LogP contribution in [0.5, 0.6) is 0 Å². The predicted octanol–water partition coefficient (Wildman–Crippen LogP) is 3.02. The molecular weight excluding hydrogens is 332 g/mol.